The lowest BCUT2D eigenvalue weighted by Crippen LogP contribution is -1.96. The van der Waals surface area contributed by atoms with Gasteiger partial charge in [-0.25, -0.2) is 0 Å². The molecule has 1 aromatic heterocycles. The molecule has 1 heterocycles. The molecular weight excluding hydrogens is 193 g/mol. The average molecular weight is 200 g/mol. The van der Waals surface area contributed by atoms with E-state index < -0.39 is 0 Å². The molecule has 0 aliphatic heterocycles. The number of hydrogen-bond donors (Lipinski definition) is 0. The molecule has 0 saturated heterocycles. The SMILES string of the molecule is Clc1cnc(C2=CCC2)c(Cl)c1. The van der Waals surface area contributed by atoms with Crippen molar-refractivity contribution in [1.82, 2.24) is 4.98 Å². The summed E-state index contributed by atoms with van der Waals surface area (Å²) in [5.74, 6) is 0. The fraction of sp³-hybridized carbons (Fsp3) is 0.222. The van der Waals surface area contributed by atoms with Gasteiger partial charge >= 0.3 is 0 Å². The Morgan fingerprint density at radius 3 is 2.58 bits per heavy atom. The van der Waals surface area contributed by atoms with Gasteiger partial charge in [0, 0.05) is 6.20 Å². The Hall–Kier alpha value is -0.530. The average Bonchev–Trinajstić information content (AvgIpc) is 1.91. The third-order valence-electron chi connectivity index (χ3n) is 1.92. The van der Waals surface area contributed by atoms with Gasteiger partial charge in [0.2, 0.25) is 0 Å². The normalized spacial score (nSPS) is 15.3. The van der Waals surface area contributed by atoms with E-state index in [9.17, 15) is 0 Å². The molecule has 1 nitrogen and oxygen atoms in total. The highest BCUT2D eigenvalue weighted by Crippen LogP contribution is 2.32. The zero-order valence-electron chi connectivity index (χ0n) is 6.35. The predicted octanol–water partition coefficient (Wildman–Crippen LogP) is 3.57. The van der Waals surface area contributed by atoms with Crippen LogP contribution in [-0.2, 0) is 0 Å². The van der Waals surface area contributed by atoms with Gasteiger partial charge in [0.15, 0.2) is 0 Å². The van der Waals surface area contributed by atoms with Gasteiger partial charge in [-0.1, -0.05) is 29.3 Å². The standard InChI is InChI=1S/C9H7Cl2N/c10-7-4-8(11)9(12-5-7)6-2-1-3-6/h2,4-5H,1,3H2. The summed E-state index contributed by atoms with van der Waals surface area (Å²) < 4.78 is 0. The first-order valence-electron chi connectivity index (χ1n) is 3.78. The lowest BCUT2D eigenvalue weighted by molar-refractivity contribution is 0.973. The van der Waals surface area contributed by atoms with E-state index in [1.165, 1.54) is 5.57 Å². The Bertz CT molecular complexity index is 344. The number of halogens is 2. The second-order valence-electron chi connectivity index (χ2n) is 2.75. The smallest absolute Gasteiger partial charge is 0.0845 e. The summed E-state index contributed by atoms with van der Waals surface area (Å²) in [7, 11) is 0. The lowest BCUT2D eigenvalue weighted by Gasteiger charge is -2.14. The molecule has 0 saturated carbocycles. The van der Waals surface area contributed by atoms with Crippen molar-refractivity contribution < 1.29 is 0 Å². The number of hydrogen-bond acceptors (Lipinski definition) is 1. The largest absolute Gasteiger partial charge is 0.253 e. The van der Waals surface area contributed by atoms with E-state index in [-0.39, 0.29) is 0 Å². The van der Waals surface area contributed by atoms with Crippen LogP contribution in [0.2, 0.25) is 10.0 Å². The molecule has 1 aliphatic carbocycles. The van der Waals surface area contributed by atoms with Crippen molar-refractivity contribution >= 4 is 28.8 Å². The van der Waals surface area contributed by atoms with Crippen molar-refractivity contribution in [1.29, 1.82) is 0 Å². The molecular formula is C9H7Cl2N. The molecule has 3 heteroatoms. The summed E-state index contributed by atoms with van der Waals surface area (Å²) in [4.78, 5) is 4.17. The van der Waals surface area contributed by atoms with Crippen LogP contribution in [0.3, 0.4) is 0 Å². The van der Waals surface area contributed by atoms with E-state index in [2.05, 4.69) is 11.1 Å². The maximum atomic E-state index is 5.95. The maximum Gasteiger partial charge on any atom is 0.0845 e. The van der Waals surface area contributed by atoms with Gasteiger partial charge in [0.25, 0.3) is 0 Å². The minimum Gasteiger partial charge on any atom is -0.253 e. The molecule has 1 aliphatic rings. The Kier molecular flexibility index (Phi) is 2.07. The number of rotatable bonds is 1. The van der Waals surface area contributed by atoms with Gasteiger partial charge in [-0.05, 0) is 24.5 Å². The van der Waals surface area contributed by atoms with Gasteiger partial charge < -0.3 is 0 Å². The molecule has 0 fully saturated rings. The van der Waals surface area contributed by atoms with Crippen LogP contribution < -0.4 is 0 Å². The van der Waals surface area contributed by atoms with Crippen LogP contribution in [0.1, 0.15) is 18.5 Å². The predicted molar refractivity (Wildman–Crippen MR) is 51.5 cm³/mol. The van der Waals surface area contributed by atoms with Gasteiger partial charge in [0.05, 0.1) is 15.7 Å². The Morgan fingerprint density at radius 1 is 1.33 bits per heavy atom. The molecule has 12 heavy (non-hydrogen) atoms. The molecule has 0 amide bonds. The number of nitrogens with zero attached hydrogens (tertiary/aromatic N) is 1. The minimum atomic E-state index is 0.587. The summed E-state index contributed by atoms with van der Waals surface area (Å²) >= 11 is 11.7. The van der Waals surface area contributed by atoms with E-state index >= 15 is 0 Å². The second-order valence-corrected chi connectivity index (χ2v) is 3.60. The molecule has 0 radical (unpaired) electrons. The Labute approximate surface area is 81.0 Å². The monoisotopic (exact) mass is 199 g/mol. The summed E-state index contributed by atoms with van der Waals surface area (Å²) in [5.41, 5.74) is 2.11. The zero-order chi connectivity index (χ0) is 8.55. The van der Waals surface area contributed by atoms with Crippen LogP contribution in [0.4, 0.5) is 0 Å². The van der Waals surface area contributed by atoms with Gasteiger partial charge in [-0.15, -0.1) is 0 Å². The van der Waals surface area contributed by atoms with Crippen molar-refractivity contribution in [2.45, 2.75) is 12.8 Å². The van der Waals surface area contributed by atoms with E-state index in [4.69, 9.17) is 23.2 Å². The highest BCUT2D eigenvalue weighted by atomic mass is 35.5. The highest BCUT2D eigenvalue weighted by Gasteiger charge is 2.12. The summed E-state index contributed by atoms with van der Waals surface area (Å²) in [5, 5.41) is 1.23. The third-order valence-corrected chi connectivity index (χ3v) is 2.41. The first kappa shape index (κ1) is 8.09. The van der Waals surface area contributed by atoms with Crippen LogP contribution in [0.5, 0.6) is 0 Å². The van der Waals surface area contributed by atoms with E-state index in [1.807, 2.05) is 0 Å². The molecule has 0 bridgehead atoms. The van der Waals surface area contributed by atoms with Crippen LogP contribution in [-0.4, -0.2) is 4.98 Å². The van der Waals surface area contributed by atoms with Crippen molar-refractivity contribution in [2.24, 2.45) is 0 Å². The van der Waals surface area contributed by atoms with Crippen LogP contribution in [0, 0.1) is 0 Å². The van der Waals surface area contributed by atoms with Gasteiger partial charge in [-0.3, -0.25) is 4.98 Å². The highest BCUT2D eigenvalue weighted by molar-refractivity contribution is 6.35. The summed E-state index contributed by atoms with van der Waals surface area (Å²) in [6, 6.07) is 1.73. The van der Waals surface area contributed by atoms with Crippen LogP contribution in [0.25, 0.3) is 5.57 Å². The van der Waals surface area contributed by atoms with Crippen molar-refractivity contribution in [3.05, 3.63) is 34.1 Å². The fourth-order valence-corrected chi connectivity index (χ4v) is 1.66. The van der Waals surface area contributed by atoms with Gasteiger partial charge in [-0.2, -0.15) is 0 Å². The topological polar surface area (TPSA) is 12.9 Å². The molecule has 62 valence electrons. The van der Waals surface area contributed by atoms with Crippen molar-refractivity contribution in [3.8, 4) is 0 Å². The quantitative estimate of drug-likeness (QED) is 0.675. The summed E-state index contributed by atoms with van der Waals surface area (Å²) in [6.45, 7) is 0. The number of aromatic nitrogens is 1. The molecule has 1 aromatic rings. The number of allylic oxidation sites excluding steroid dienone is 2. The third kappa shape index (κ3) is 1.35. The lowest BCUT2D eigenvalue weighted by atomic mass is 9.96. The Morgan fingerprint density at radius 2 is 2.08 bits per heavy atom. The van der Waals surface area contributed by atoms with Crippen molar-refractivity contribution in [3.63, 3.8) is 0 Å². The van der Waals surface area contributed by atoms with Crippen LogP contribution in [0.15, 0.2) is 18.3 Å². The first-order chi connectivity index (χ1) is 5.77. The van der Waals surface area contributed by atoms with E-state index in [0.29, 0.717) is 10.0 Å². The van der Waals surface area contributed by atoms with E-state index in [1.54, 1.807) is 12.3 Å². The Balaban J connectivity index is 2.44. The maximum absolute atomic E-state index is 5.95. The molecule has 0 spiro atoms. The molecule has 0 aromatic carbocycles. The van der Waals surface area contributed by atoms with Crippen LogP contribution >= 0.6 is 23.2 Å². The minimum absolute atomic E-state index is 0.587. The van der Waals surface area contributed by atoms with Gasteiger partial charge in [0.1, 0.15) is 0 Å². The summed E-state index contributed by atoms with van der Waals surface area (Å²) in [6.07, 6.45) is 5.98. The number of pyridine rings is 1. The molecule has 2 rings (SSSR count). The zero-order valence-corrected chi connectivity index (χ0v) is 7.86. The molecule has 0 atom stereocenters. The van der Waals surface area contributed by atoms with Crippen molar-refractivity contribution in [2.75, 3.05) is 0 Å². The first-order valence-corrected chi connectivity index (χ1v) is 4.53. The molecule has 0 N–H and O–H groups in total. The second kappa shape index (κ2) is 3.08. The molecule has 0 unspecified atom stereocenters. The van der Waals surface area contributed by atoms with E-state index in [0.717, 1.165) is 18.5 Å². The fourth-order valence-electron chi connectivity index (χ4n) is 1.15.